The van der Waals surface area contributed by atoms with Crippen molar-refractivity contribution in [1.82, 2.24) is 4.90 Å². The van der Waals surface area contributed by atoms with Crippen molar-refractivity contribution < 1.29 is 9.47 Å². The fourth-order valence-electron chi connectivity index (χ4n) is 2.99. The highest BCUT2D eigenvalue weighted by Gasteiger charge is 2.18. The molecule has 2 aliphatic rings. The molecular formula is C17H26IN3O2. The van der Waals surface area contributed by atoms with Gasteiger partial charge in [0.1, 0.15) is 5.75 Å². The van der Waals surface area contributed by atoms with E-state index >= 15 is 0 Å². The summed E-state index contributed by atoms with van der Waals surface area (Å²) in [4.78, 5) is 6.61. The van der Waals surface area contributed by atoms with E-state index in [9.17, 15) is 0 Å². The van der Waals surface area contributed by atoms with Crippen LogP contribution in [-0.4, -0.2) is 43.3 Å². The number of morpholine rings is 1. The second kappa shape index (κ2) is 9.32. The molecule has 0 unspecified atom stereocenters. The maximum absolute atomic E-state index is 6.14. The zero-order valence-corrected chi connectivity index (χ0v) is 15.8. The quantitative estimate of drug-likeness (QED) is 0.453. The summed E-state index contributed by atoms with van der Waals surface area (Å²) in [5.74, 6) is 1.55. The Morgan fingerprint density at radius 2 is 1.91 bits per heavy atom. The number of para-hydroxylation sites is 1. The van der Waals surface area contributed by atoms with Crippen LogP contribution in [-0.2, 0) is 11.3 Å². The van der Waals surface area contributed by atoms with Gasteiger partial charge in [0.05, 0.1) is 25.9 Å². The predicted molar refractivity (Wildman–Crippen MR) is 102 cm³/mol. The smallest absolute Gasteiger partial charge is 0.191 e. The second-order valence-electron chi connectivity index (χ2n) is 5.91. The van der Waals surface area contributed by atoms with Gasteiger partial charge in [0.25, 0.3) is 0 Å². The molecule has 6 heteroatoms. The van der Waals surface area contributed by atoms with Crippen molar-refractivity contribution in [1.29, 1.82) is 0 Å². The van der Waals surface area contributed by atoms with Crippen LogP contribution in [0.2, 0.25) is 0 Å². The first-order chi connectivity index (χ1) is 10.8. The maximum atomic E-state index is 6.14. The Bertz CT molecular complexity index is 512. The van der Waals surface area contributed by atoms with Crippen molar-refractivity contribution in [2.75, 3.05) is 26.3 Å². The minimum Gasteiger partial charge on any atom is -0.490 e. The summed E-state index contributed by atoms with van der Waals surface area (Å²) in [6.45, 7) is 3.63. The van der Waals surface area contributed by atoms with E-state index in [1.54, 1.807) is 0 Å². The van der Waals surface area contributed by atoms with Gasteiger partial charge < -0.3 is 20.1 Å². The van der Waals surface area contributed by atoms with Gasteiger partial charge in [-0.2, -0.15) is 0 Å². The Kier molecular flexibility index (Phi) is 7.42. The van der Waals surface area contributed by atoms with Crippen molar-refractivity contribution in [2.24, 2.45) is 10.7 Å². The molecule has 0 bridgehead atoms. The summed E-state index contributed by atoms with van der Waals surface area (Å²) in [6, 6.07) is 8.15. The van der Waals surface area contributed by atoms with Gasteiger partial charge in [0.15, 0.2) is 5.96 Å². The molecule has 0 atom stereocenters. The lowest BCUT2D eigenvalue weighted by atomic mass is 10.2. The third kappa shape index (κ3) is 5.24. The Labute approximate surface area is 155 Å². The number of ether oxygens (including phenoxy) is 2. The third-order valence-electron chi connectivity index (χ3n) is 4.31. The van der Waals surface area contributed by atoms with Crippen LogP contribution in [0.3, 0.4) is 0 Å². The zero-order chi connectivity index (χ0) is 15.2. The van der Waals surface area contributed by atoms with Gasteiger partial charge >= 0.3 is 0 Å². The summed E-state index contributed by atoms with van der Waals surface area (Å²) in [5.41, 5.74) is 7.19. The molecule has 5 nitrogen and oxygen atoms in total. The monoisotopic (exact) mass is 431 g/mol. The largest absolute Gasteiger partial charge is 0.490 e. The Balaban J connectivity index is 0.00000192. The zero-order valence-electron chi connectivity index (χ0n) is 13.4. The van der Waals surface area contributed by atoms with Crippen LogP contribution in [0.4, 0.5) is 0 Å². The van der Waals surface area contributed by atoms with Gasteiger partial charge in [0.2, 0.25) is 0 Å². The number of aliphatic imine (C=N–C) groups is 1. The Hall–Kier alpha value is -1.02. The van der Waals surface area contributed by atoms with E-state index in [2.05, 4.69) is 16.0 Å². The molecule has 23 heavy (non-hydrogen) atoms. The number of guanidine groups is 1. The molecule has 2 N–H and O–H groups in total. The lowest BCUT2D eigenvalue weighted by Crippen LogP contribution is -2.44. The van der Waals surface area contributed by atoms with Gasteiger partial charge in [0, 0.05) is 18.7 Å². The van der Waals surface area contributed by atoms with Gasteiger partial charge in [-0.15, -0.1) is 24.0 Å². The highest BCUT2D eigenvalue weighted by Crippen LogP contribution is 2.27. The molecule has 0 amide bonds. The molecule has 0 aromatic heterocycles. The lowest BCUT2D eigenvalue weighted by molar-refractivity contribution is 0.0674. The molecule has 2 fully saturated rings. The molecule has 3 rings (SSSR count). The molecule has 1 aromatic carbocycles. The number of hydrogen-bond donors (Lipinski definition) is 1. The molecule has 0 radical (unpaired) electrons. The normalized spacial score (nSPS) is 19.5. The van der Waals surface area contributed by atoms with E-state index in [1.165, 1.54) is 12.8 Å². The SMILES string of the molecule is I.NC(=NCc1ccccc1OC1CCCC1)N1CCOCC1. The van der Waals surface area contributed by atoms with E-state index < -0.39 is 0 Å². The van der Waals surface area contributed by atoms with Crippen LogP contribution in [0.15, 0.2) is 29.3 Å². The van der Waals surface area contributed by atoms with Crippen molar-refractivity contribution >= 4 is 29.9 Å². The van der Waals surface area contributed by atoms with Crippen molar-refractivity contribution in [3.8, 4) is 5.75 Å². The highest BCUT2D eigenvalue weighted by molar-refractivity contribution is 14.0. The minimum absolute atomic E-state index is 0. The highest BCUT2D eigenvalue weighted by atomic mass is 127. The van der Waals surface area contributed by atoms with Gasteiger partial charge in [-0.3, -0.25) is 0 Å². The van der Waals surface area contributed by atoms with Crippen molar-refractivity contribution in [3.63, 3.8) is 0 Å². The standard InChI is InChI=1S/C17H25N3O2.HI/c18-17(20-9-11-21-12-10-20)19-13-14-5-1-4-8-16(14)22-15-6-2-3-7-15;/h1,4-5,8,15H,2-3,6-7,9-13H2,(H2,18,19);1H. The van der Waals surface area contributed by atoms with Crippen LogP contribution in [0, 0.1) is 0 Å². The molecule has 1 heterocycles. The fourth-order valence-corrected chi connectivity index (χ4v) is 2.99. The van der Waals surface area contributed by atoms with Crippen LogP contribution in [0.1, 0.15) is 31.2 Å². The first kappa shape index (κ1) is 18.3. The molecule has 1 aliphatic heterocycles. The third-order valence-corrected chi connectivity index (χ3v) is 4.31. The van der Waals surface area contributed by atoms with E-state index in [-0.39, 0.29) is 24.0 Å². The van der Waals surface area contributed by atoms with Gasteiger partial charge in [-0.1, -0.05) is 18.2 Å². The lowest BCUT2D eigenvalue weighted by Gasteiger charge is -2.27. The fraction of sp³-hybridized carbons (Fsp3) is 0.588. The van der Waals surface area contributed by atoms with Crippen LogP contribution >= 0.6 is 24.0 Å². The molecule has 0 spiro atoms. The molecule has 1 aliphatic carbocycles. The molecule has 1 aromatic rings. The van der Waals surface area contributed by atoms with Crippen molar-refractivity contribution in [2.45, 2.75) is 38.3 Å². The molecule has 1 saturated heterocycles. The van der Waals surface area contributed by atoms with Crippen LogP contribution in [0.25, 0.3) is 0 Å². The van der Waals surface area contributed by atoms with Gasteiger partial charge in [-0.05, 0) is 31.7 Å². The summed E-state index contributed by atoms with van der Waals surface area (Å²) in [7, 11) is 0. The van der Waals surface area contributed by atoms with E-state index in [0.717, 1.165) is 50.5 Å². The first-order valence-electron chi connectivity index (χ1n) is 8.20. The minimum atomic E-state index is 0. The number of halogens is 1. The molecule has 128 valence electrons. The number of nitrogens with two attached hydrogens (primary N) is 1. The number of rotatable bonds is 4. The molecule has 1 saturated carbocycles. The average molecular weight is 431 g/mol. The Morgan fingerprint density at radius 1 is 1.22 bits per heavy atom. The van der Waals surface area contributed by atoms with Crippen molar-refractivity contribution in [3.05, 3.63) is 29.8 Å². The number of hydrogen-bond acceptors (Lipinski definition) is 3. The van der Waals surface area contributed by atoms with E-state index in [0.29, 0.717) is 18.6 Å². The number of nitrogens with zero attached hydrogens (tertiary/aromatic N) is 2. The van der Waals surface area contributed by atoms with Gasteiger partial charge in [-0.25, -0.2) is 4.99 Å². The molecular weight excluding hydrogens is 405 g/mol. The maximum Gasteiger partial charge on any atom is 0.191 e. The predicted octanol–water partition coefficient (Wildman–Crippen LogP) is 2.77. The van der Waals surface area contributed by atoms with Crippen LogP contribution < -0.4 is 10.5 Å². The van der Waals surface area contributed by atoms with E-state index in [4.69, 9.17) is 15.2 Å². The van der Waals surface area contributed by atoms with Crippen LogP contribution in [0.5, 0.6) is 5.75 Å². The first-order valence-corrected chi connectivity index (χ1v) is 8.20. The summed E-state index contributed by atoms with van der Waals surface area (Å²) in [6.07, 6.45) is 5.23. The average Bonchev–Trinajstić information content (AvgIpc) is 3.07. The summed E-state index contributed by atoms with van der Waals surface area (Å²) in [5, 5.41) is 0. The summed E-state index contributed by atoms with van der Waals surface area (Å²) >= 11 is 0. The topological polar surface area (TPSA) is 60.1 Å². The number of benzene rings is 1. The summed E-state index contributed by atoms with van der Waals surface area (Å²) < 4.78 is 11.5. The Morgan fingerprint density at radius 3 is 2.65 bits per heavy atom. The second-order valence-corrected chi connectivity index (χ2v) is 5.91. The van der Waals surface area contributed by atoms with E-state index in [1.807, 2.05) is 18.2 Å².